The maximum atomic E-state index is 11.3. The largest absolute Gasteiger partial charge is 1.00 e. The zero-order chi connectivity index (χ0) is 16.1. The van der Waals surface area contributed by atoms with Crippen LogP contribution in [0.25, 0.3) is 0 Å². The summed E-state index contributed by atoms with van der Waals surface area (Å²) in [5.41, 5.74) is 0. The second-order valence-electron chi connectivity index (χ2n) is 6.02. The maximum Gasteiger partial charge on any atom is 1.00 e. The van der Waals surface area contributed by atoms with Crippen LogP contribution in [0.2, 0.25) is 0 Å². The molecule has 0 aliphatic heterocycles. The van der Waals surface area contributed by atoms with E-state index in [4.69, 9.17) is 0 Å². The smallest absolute Gasteiger partial charge is 0.748 e. The number of hydrogen-bond donors (Lipinski definition) is 1. The summed E-state index contributed by atoms with van der Waals surface area (Å²) in [4.78, 5) is 0. The van der Waals surface area contributed by atoms with Gasteiger partial charge < -0.3 is 9.66 Å². The van der Waals surface area contributed by atoms with Crippen LogP contribution in [0.15, 0.2) is 0 Å². The van der Waals surface area contributed by atoms with Gasteiger partial charge in [-0.05, 0) is 25.7 Å². The molecule has 0 amide bonds. The Morgan fingerprint density at radius 1 is 0.864 bits per heavy atom. The second-order valence-corrected chi connectivity index (χ2v) is 7.67. The number of rotatable bonds is 14. The molecule has 0 aliphatic rings. The fourth-order valence-corrected chi connectivity index (χ4v) is 3.45. The number of hydrogen-bond acceptors (Lipinski definition) is 4. The van der Waals surface area contributed by atoms with Crippen molar-refractivity contribution in [1.82, 2.24) is 0 Å². The summed E-state index contributed by atoms with van der Waals surface area (Å²) >= 11 is 0. The summed E-state index contributed by atoms with van der Waals surface area (Å²) in [6, 6.07) is 0. The first-order valence-corrected chi connectivity index (χ1v) is 10.0. The van der Waals surface area contributed by atoms with Gasteiger partial charge in [0.2, 0.25) is 0 Å². The van der Waals surface area contributed by atoms with Crippen LogP contribution in [-0.2, 0) is 10.1 Å². The van der Waals surface area contributed by atoms with Gasteiger partial charge in [0.1, 0.15) is 0 Å². The summed E-state index contributed by atoms with van der Waals surface area (Å²) in [6.07, 6.45) is 10.1. The third-order valence-electron chi connectivity index (χ3n) is 4.07. The normalized spacial score (nSPS) is 14.4. The third kappa shape index (κ3) is 15.1. The molecule has 0 aromatic carbocycles. The number of aliphatic hydroxyl groups is 1. The minimum Gasteiger partial charge on any atom is -0.748 e. The van der Waals surface area contributed by atoms with Crippen molar-refractivity contribution in [1.29, 1.82) is 0 Å². The molecule has 0 rings (SSSR count). The molecule has 2 atom stereocenters. The van der Waals surface area contributed by atoms with Gasteiger partial charge in [0.05, 0.1) is 16.2 Å². The van der Waals surface area contributed by atoms with Gasteiger partial charge >= 0.3 is 51.4 Å². The first-order valence-electron chi connectivity index (χ1n) is 8.54. The van der Waals surface area contributed by atoms with E-state index in [2.05, 4.69) is 6.92 Å². The van der Waals surface area contributed by atoms with E-state index in [0.29, 0.717) is 12.8 Å². The Labute approximate surface area is 180 Å². The number of unbranched alkanes of at least 4 members (excludes halogenated alkanes) is 6. The Hall–Kier alpha value is 1.51. The van der Waals surface area contributed by atoms with Crippen LogP contribution in [0.4, 0.5) is 0 Å². The predicted octanol–water partition coefficient (Wildman–Crippen LogP) is 0.986. The van der Waals surface area contributed by atoms with E-state index in [1.165, 1.54) is 6.42 Å². The van der Waals surface area contributed by atoms with Crippen molar-refractivity contribution >= 4 is 10.1 Å². The molecule has 0 heterocycles. The summed E-state index contributed by atoms with van der Waals surface area (Å²) in [6.45, 7) is 4.09. The average molecular weight is 361 g/mol. The summed E-state index contributed by atoms with van der Waals surface area (Å²) < 4.78 is 33.8. The van der Waals surface area contributed by atoms with E-state index in [0.717, 1.165) is 57.8 Å². The minimum atomic E-state index is -4.17. The number of aliphatic hydroxyl groups excluding tert-OH is 1. The summed E-state index contributed by atoms with van der Waals surface area (Å²) in [5, 5.41) is 8.72. The maximum absolute atomic E-state index is 11.3. The van der Waals surface area contributed by atoms with Crippen molar-refractivity contribution in [3.8, 4) is 0 Å². The topological polar surface area (TPSA) is 77.4 Å². The van der Waals surface area contributed by atoms with Crippen molar-refractivity contribution in [2.45, 2.75) is 102 Å². The quantitative estimate of drug-likeness (QED) is 0.285. The summed E-state index contributed by atoms with van der Waals surface area (Å²) in [5.74, 6) is 0. The van der Waals surface area contributed by atoms with Crippen molar-refractivity contribution in [2.75, 3.05) is 0 Å². The van der Waals surface area contributed by atoms with Gasteiger partial charge in [0.15, 0.2) is 0 Å². The van der Waals surface area contributed by atoms with Gasteiger partial charge in [-0.15, -0.1) is 0 Å². The van der Waals surface area contributed by atoms with Crippen molar-refractivity contribution in [3.63, 3.8) is 0 Å². The molecule has 22 heavy (non-hydrogen) atoms. The van der Waals surface area contributed by atoms with E-state index in [9.17, 15) is 18.1 Å². The first-order chi connectivity index (χ1) is 9.91. The molecule has 0 fully saturated rings. The Morgan fingerprint density at radius 3 is 1.77 bits per heavy atom. The molecule has 4 nitrogen and oxygen atoms in total. The molecular formula is C16H33KO4S. The van der Waals surface area contributed by atoms with E-state index in [-0.39, 0.29) is 57.5 Å². The molecule has 0 saturated heterocycles. The first kappa shape index (κ1) is 25.7. The SMILES string of the molecule is CCCCCCCC(CCCCCC(O)CC)S(=O)(=O)[O-].[K+]. The van der Waals surface area contributed by atoms with Crippen LogP contribution < -0.4 is 51.4 Å². The van der Waals surface area contributed by atoms with Crippen LogP contribution in [0, 0.1) is 0 Å². The fraction of sp³-hybridized carbons (Fsp3) is 1.00. The van der Waals surface area contributed by atoms with Crippen molar-refractivity contribution in [3.05, 3.63) is 0 Å². The van der Waals surface area contributed by atoms with Gasteiger partial charge in [-0.25, -0.2) is 8.42 Å². The van der Waals surface area contributed by atoms with E-state index in [1.54, 1.807) is 0 Å². The van der Waals surface area contributed by atoms with Crippen LogP contribution in [0.1, 0.15) is 90.9 Å². The molecular weight excluding hydrogens is 327 g/mol. The van der Waals surface area contributed by atoms with Gasteiger partial charge in [0, 0.05) is 5.25 Å². The molecule has 6 heteroatoms. The zero-order valence-electron chi connectivity index (χ0n) is 14.7. The van der Waals surface area contributed by atoms with Crippen LogP contribution >= 0.6 is 0 Å². The second kappa shape index (κ2) is 16.0. The predicted molar refractivity (Wildman–Crippen MR) is 86.2 cm³/mol. The fourth-order valence-electron chi connectivity index (χ4n) is 2.54. The molecule has 1 N–H and O–H groups in total. The standard InChI is InChI=1S/C16H34O4S.K/c1-3-5-6-7-10-13-16(21(18,19)20)14-11-8-9-12-15(17)4-2;/h15-17H,3-14H2,1-2H3,(H,18,19,20);/q;+1/p-1. The van der Waals surface area contributed by atoms with E-state index >= 15 is 0 Å². The van der Waals surface area contributed by atoms with Crippen molar-refractivity contribution < 1.29 is 69.5 Å². The zero-order valence-corrected chi connectivity index (χ0v) is 18.7. The molecule has 0 aromatic heterocycles. The Kier molecular flexibility index (Phi) is 18.7. The third-order valence-corrected chi connectivity index (χ3v) is 5.36. The average Bonchev–Trinajstić information content (AvgIpc) is 2.42. The molecule has 0 saturated carbocycles. The summed E-state index contributed by atoms with van der Waals surface area (Å²) in [7, 11) is -4.17. The molecule has 2 unspecified atom stereocenters. The van der Waals surface area contributed by atoms with Gasteiger partial charge in [-0.2, -0.15) is 0 Å². The molecule has 0 radical (unpaired) electrons. The molecule has 0 aromatic rings. The van der Waals surface area contributed by atoms with Crippen LogP contribution in [0.5, 0.6) is 0 Å². The van der Waals surface area contributed by atoms with Gasteiger partial charge in [0.25, 0.3) is 0 Å². The molecule has 128 valence electrons. The van der Waals surface area contributed by atoms with Crippen molar-refractivity contribution in [2.24, 2.45) is 0 Å². The Morgan fingerprint density at radius 2 is 1.32 bits per heavy atom. The molecule has 0 aliphatic carbocycles. The Balaban J connectivity index is 0. The monoisotopic (exact) mass is 360 g/mol. The van der Waals surface area contributed by atoms with Gasteiger partial charge in [-0.1, -0.05) is 65.2 Å². The minimum absolute atomic E-state index is 0. The molecule has 0 bridgehead atoms. The van der Waals surface area contributed by atoms with E-state index < -0.39 is 15.4 Å². The van der Waals surface area contributed by atoms with Crippen LogP contribution in [-0.4, -0.2) is 29.4 Å². The van der Waals surface area contributed by atoms with E-state index in [1.807, 2.05) is 6.92 Å². The molecule has 0 spiro atoms. The Bertz CT molecular complexity index is 333. The van der Waals surface area contributed by atoms with Crippen LogP contribution in [0.3, 0.4) is 0 Å². The van der Waals surface area contributed by atoms with Gasteiger partial charge in [-0.3, -0.25) is 0 Å².